The molecule has 190 valence electrons. The Labute approximate surface area is 216 Å². The minimum absolute atomic E-state index is 0.116. The second-order valence-electron chi connectivity index (χ2n) is 9.61. The average Bonchev–Trinajstić information content (AvgIpc) is 3.40. The van der Waals surface area contributed by atoms with Crippen LogP contribution in [0.4, 0.5) is 11.6 Å². The molecule has 1 amide bonds. The first-order chi connectivity index (χ1) is 17.6. The summed E-state index contributed by atoms with van der Waals surface area (Å²) in [6, 6.07) is 9.94. The van der Waals surface area contributed by atoms with Crippen molar-refractivity contribution in [3.8, 4) is 10.6 Å². The highest BCUT2D eigenvalue weighted by Crippen LogP contribution is 2.39. The molecular weight excluding hydrogens is 472 g/mol. The number of ether oxygens (including phenoxy) is 1. The van der Waals surface area contributed by atoms with Crippen LogP contribution in [-0.4, -0.2) is 65.2 Å². The van der Waals surface area contributed by atoms with Crippen LogP contribution in [-0.2, 0) is 9.53 Å². The number of amides is 1. The largest absolute Gasteiger partial charge is 0.379 e. The first-order valence-corrected chi connectivity index (χ1v) is 13.7. The topological polar surface area (TPSA) is 92.3 Å². The van der Waals surface area contributed by atoms with E-state index < -0.39 is 0 Å². The van der Waals surface area contributed by atoms with Gasteiger partial charge in [0, 0.05) is 50.4 Å². The van der Waals surface area contributed by atoms with Gasteiger partial charge in [-0.25, -0.2) is 15.0 Å². The van der Waals surface area contributed by atoms with Gasteiger partial charge in [0.25, 0.3) is 0 Å². The number of carbonyl (C=O) groups excluding carboxylic acids is 1. The molecule has 2 fully saturated rings. The van der Waals surface area contributed by atoms with Crippen molar-refractivity contribution in [3.05, 3.63) is 53.3 Å². The van der Waals surface area contributed by atoms with Crippen LogP contribution in [0.2, 0.25) is 0 Å². The SMILES string of the molecule is Cc1ccnc(Nc2cccc(-c3cnc([C@H]4CC[C@H](C(=O)NCCN5CCOCC5)CC4)s3)n2)c1. The van der Waals surface area contributed by atoms with Crippen molar-refractivity contribution >= 4 is 28.9 Å². The number of anilines is 2. The Morgan fingerprint density at radius 3 is 2.75 bits per heavy atom. The number of hydrogen-bond acceptors (Lipinski definition) is 8. The number of aryl methyl sites for hydroxylation is 1. The van der Waals surface area contributed by atoms with Crippen LogP contribution in [0.15, 0.2) is 42.7 Å². The van der Waals surface area contributed by atoms with Gasteiger partial charge in [-0.05, 0) is 62.4 Å². The third-order valence-electron chi connectivity index (χ3n) is 6.97. The summed E-state index contributed by atoms with van der Waals surface area (Å²) in [7, 11) is 0. The van der Waals surface area contributed by atoms with E-state index in [1.807, 2.05) is 43.5 Å². The fraction of sp³-hybridized carbons (Fsp3) is 0.481. The van der Waals surface area contributed by atoms with Gasteiger partial charge in [-0.1, -0.05) is 6.07 Å². The van der Waals surface area contributed by atoms with Gasteiger partial charge >= 0.3 is 0 Å². The van der Waals surface area contributed by atoms with E-state index in [2.05, 4.69) is 20.5 Å². The summed E-state index contributed by atoms with van der Waals surface area (Å²) in [5.74, 6) is 2.29. The second-order valence-corrected chi connectivity index (χ2v) is 10.7. The molecule has 2 N–H and O–H groups in total. The van der Waals surface area contributed by atoms with Gasteiger partial charge in [-0.3, -0.25) is 9.69 Å². The van der Waals surface area contributed by atoms with Crippen LogP contribution in [0.5, 0.6) is 0 Å². The summed E-state index contributed by atoms with van der Waals surface area (Å²) in [5, 5.41) is 7.59. The van der Waals surface area contributed by atoms with Crippen molar-refractivity contribution in [2.75, 3.05) is 44.7 Å². The van der Waals surface area contributed by atoms with Crippen molar-refractivity contribution in [2.24, 2.45) is 5.92 Å². The molecule has 0 aromatic carbocycles. The molecule has 1 aliphatic heterocycles. The van der Waals surface area contributed by atoms with E-state index in [4.69, 9.17) is 14.7 Å². The zero-order chi connectivity index (χ0) is 24.7. The molecule has 0 spiro atoms. The monoisotopic (exact) mass is 506 g/mol. The maximum Gasteiger partial charge on any atom is 0.223 e. The number of aromatic nitrogens is 3. The molecule has 0 bridgehead atoms. The van der Waals surface area contributed by atoms with E-state index in [9.17, 15) is 4.79 Å². The third kappa shape index (κ3) is 6.46. The fourth-order valence-corrected chi connectivity index (χ4v) is 5.94. The van der Waals surface area contributed by atoms with Gasteiger partial charge in [-0.2, -0.15) is 0 Å². The molecule has 3 aromatic rings. The molecule has 5 rings (SSSR count). The maximum atomic E-state index is 12.7. The highest BCUT2D eigenvalue weighted by molar-refractivity contribution is 7.15. The van der Waals surface area contributed by atoms with Crippen LogP contribution in [0.3, 0.4) is 0 Å². The molecule has 1 aliphatic carbocycles. The highest BCUT2D eigenvalue weighted by atomic mass is 32.1. The molecule has 0 atom stereocenters. The molecule has 8 nitrogen and oxygen atoms in total. The lowest BCUT2D eigenvalue weighted by Gasteiger charge is -2.28. The van der Waals surface area contributed by atoms with E-state index in [0.29, 0.717) is 5.92 Å². The minimum atomic E-state index is 0.116. The number of pyridine rings is 2. The van der Waals surface area contributed by atoms with Crippen LogP contribution < -0.4 is 10.6 Å². The van der Waals surface area contributed by atoms with Crippen molar-refractivity contribution in [1.82, 2.24) is 25.2 Å². The highest BCUT2D eigenvalue weighted by Gasteiger charge is 2.28. The van der Waals surface area contributed by atoms with Crippen molar-refractivity contribution < 1.29 is 9.53 Å². The zero-order valence-electron chi connectivity index (χ0n) is 20.8. The molecule has 3 aromatic heterocycles. The molecule has 2 aliphatic rings. The second kappa shape index (κ2) is 11.9. The first-order valence-electron chi connectivity index (χ1n) is 12.8. The number of morpholine rings is 1. The average molecular weight is 507 g/mol. The van der Waals surface area contributed by atoms with E-state index in [-0.39, 0.29) is 11.8 Å². The lowest BCUT2D eigenvalue weighted by molar-refractivity contribution is -0.126. The Morgan fingerprint density at radius 2 is 1.94 bits per heavy atom. The van der Waals surface area contributed by atoms with Crippen molar-refractivity contribution in [2.45, 2.75) is 38.5 Å². The van der Waals surface area contributed by atoms with Gasteiger partial charge in [0.2, 0.25) is 5.91 Å². The Morgan fingerprint density at radius 1 is 1.11 bits per heavy atom. The van der Waals surface area contributed by atoms with Gasteiger partial charge in [0.15, 0.2) is 0 Å². The molecule has 9 heteroatoms. The Hall–Kier alpha value is -2.88. The number of carbonyl (C=O) groups is 1. The van der Waals surface area contributed by atoms with Gasteiger partial charge in [0.1, 0.15) is 11.6 Å². The van der Waals surface area contributed by atoms with E-state index >= 15 is 0 Å². The van der Waals surface area contributed by atoms with Crippen molar-refractivity contribution in [1.29, 1.82) is 0 Å². The van der Waals surface area contributed by atoms with Crippen LogP contribution in [0, 0.1) is 12.8 Å². The lowest BCUT2D eigenvalue weighted by atomic mass is 9.82. The van der Waals surface area contributed by atoms with Crippen LogP contribution in [0.1, 0.15) is 42.2 Å². The summed E-state index contributed by atoms with van der Waals surface area (Å²) < 4.78 is 5.38. The van der Waals surface area contributed by atoms with E-state index in [1.54, 1.807) is 17.5 Å². The van der Waals surface area contributed by atoms with E-state index in [1.165, 1.54) is 0 Å². The summed E-state index contributed by atoms with van der Waals surface area (Å²) in [6.45, 7) is 7.16. The summed E-state index contributed by atoms with van der Waals surface area (Å²) in [6.07, 6.45) is 7.57. The lowest BCUT2D eigenvalue weighted by Crippen LogP contribution is -2.42. The van der Waals surface area contributed by atoms with Crippen LogP contribution in [0.25, 0.3) is 10.6 Å². The summed E-state index contributed by atoms with van der Waals surface area (Å²) >= 11 is 1.72. The molecule has 0 radical (unpaired) electrons. The van der Waals surface area contributed by atoms with Gasteiger partial charge < -0.3 is 15.4 Å². The normalized spacial score (nSPS) is 20.7. The smallest absolute Gasteiger partial charge is 0.223 e. The maximum absolute atomic E-state index is 12.7. The number of hydrogen-bond donors (Lipinski definition) is 2. The number of nitrogens with one attached hydrogen (secondary N) is 2. The number of thiazole rings is 1. The van der Waals surface area contributed by atoms with E-state index in [0.717, 1.165) is 97.9 Å². The predicted molar refractivity (Wildman–Crippen MR) is 143 cm³/mol. The fourth-order valence-electron chi connectivity index (χ4n) is 4.88. The zero-order valence-corrected chi connectivity index (χ0v) is 21.6. The molecule has 4 heterocycles. The Balaban J connectivity index is 1.12. The van der Waals surface area contributed by atoms with Gasteiger partial charge in [0.05, 0.1) is 28.8 Å². The molecule has 0 unspecified atom stereocenters. The van der Waals surface area contributed by atoms with Gasteiger partial charge in [-0.15, -0.1) is 11.3 Å². The molecule has 1 saturated heterocycles. The quantitative estimate of drug-likeness (QED) is 0.469. The predicted octanol–water partition coefficient (Wildman–Crippen LogP) is 4.37. The first kappa shape index (κ1) is 24.8. The van der Waals surface area contributed by atoms with Crippen molar-refractivity contribution in [3.63, 3.8) is 0 Å². The Bertz CT molecular complexity index is 1150. The molecule has 1 saturated carbocycles. The number of nitrogens with zero attached hydrogens (tertiary/aromatic N) is 4. The molecular formula is C27H34N6O2S. The minimum Gasteiger partial charge on any atom is -0.379 e. The van der Waals surface area contributed by atoms with Crippen LogP contribution >= 0.6 is 11.3 Å². The molecule has 36 heavy (non-hydrogen) atoms. The number of rotatable bonds is 8. The Kier molecular flexibility index (Phi) is 8.20. The summed E-state index contributed by atoms with van der Waals surface area (Å²) in [4.78, 5) is 30.0. The summed E-state index contributed by atoms with van der Waals surface area (Å²) in [5.41, 5.74) is 2.06. The standard InChI is InChI=1S/C27H34N6O2S/c1-19-9-10-28-25(17-19)32-24-4-2-3-22(31-24)23-18-30-27(36-23)21-7-5-20(6-8-21)26(34)29-11-12-33-13-15-35-16-14-33/h2-4,9-10,17-18,20-21H,5-8,11-16H2,1H3,(H,29,34)(H,28,31,32)/t20-,21-. The third-order valence-corrected chi connectivity index (χ3v) is 8.16.